The lowest BCUT2D eigenvalue weighted by atomic mass is 9.95. The van der Waals surface area contributed by atoms with Gasteiger partial charge in [0.25, 0.3) is 17.4 Å². The number of anilines is 1. The SMILES string of the molecule is CN1C(=O)C2(OC(=O)NC2=O)c2cc(F)ccc21. The summed E-state index contributed by atoms with van der Waals surface area (Å²) in [6.07, 6.45) is -1.01. The van der Waals surface area contributed by atoms with Gasteiger partial charge in [-0.15, -0.1) is 0 Å². The first-order valence-electron chi connectivity index (χ1n) is 5.09. The smallest absolute Gasteiger partial charge is 0.415 e. The Labute approximate surface area is 100 Å². The normalized spacial score (nSPS) is 25.4. The second kappa shape index (κ2) is 3.06. The molecule has 0 saturated carbocycles. The largest absolute Gasteiger partial charge is 0.417 e. The van der Waals surface area contributed by atoms with Gasteiger partial charge >= 0.3 is 6.09 Å². The number of nitrogens with one attached hydrogen (secondary N) is 1. The number of alkyl carbamates (subject to hydrolysis) is 1. The zero-order valence-corrected chi connectivity index (χ0v) is 9.19. The molecule has 2 aliphatic rings. The molecule has 0 aromatic heterocycles. The van der Waals surface area contributed by atoms with E-state index in [-0.39, 0.29) is 5.56 Å². The average Bonchev–Trinajstić information content (AvgIpc) is 2.72. The number of carbonyl (C=O) groups excluding carboxylic acids is 3. The molecule has 2 heterocycles. The van der Waals surface area contributed by atoms with Crippen LogP contribution < -0.4 is 10.2 Å². The molecule has 1 fully saturated rings. The van der Waals surface area contributed by atoms with Crippen LogP contribution in [0.4, 0.5) is 14.9 Å². The fourth-order valence-corrected chi connectivity index (χ4v) is 2.25. The van der Waals surface area contributed by atoms with Gasteiger partial charge in [0, 0.05) is 12.6 Å². The summed E-state index contributed by atoms with van der Waals surface area (Å²) < 4.78 is 18.1. The van der Waals surface area contributed by atoms with Gasteiger partial charge in [0.1, 0.15) is 5.82 Å². The summed E-state index contributed by atoms with van der Waals surface area (Å²) in [5.41, 5.74) is -1.70. The first kappa shape index (κ1) is 10.7. The predicted octanol–water partition coefficient (Wildman–Crippen LogP) is 0.264. The van der Waals surface area contributed by atoms with Crippen LogP contribution in [-0.4, -0.2) is 25.0 Å². The van der Waals surface area contributed by atoms with E-state index in [4.69, 9.17) is 4.74 Å². The third-order valence-electron chi connectivity index (χ3n) is 3.09. The van der Waals surface area contributed by atoms with Gasteiger partial charge < -0.3 is 9.64 Å². The van der Waals surface area contributed by atoms with E-state index in [1.54, 1.807) is 0 Å². The molecule has 1 aromatic carbocycles. The van der Waals surface area contributed by atoms with Crippen molar-refractivity contribution in [1.82, 2.24) is 5.32 Å². The Balaban J connectivity index is 2.30. The van der Waals surface area contributed by atoms with Gasteiger partial charge in [-0.1, -0.05) is 0 Å². The monoisotopic (exact) mass is 250 g/mol. The molecular weight excluding hydrogens is 243 g/mol. The lowest BCUT2D eigenvalue weighted by Crippen LogP contribution is -2.45. The van der Waals surface area contributed by atoms with Gasteiger partial charge in [0.2, 0.25) is 0 Å². The lowest BCUT2D eigenvalue weighted by molar-refractivity contribution is -0.144. The van der Waals surface area contributed by atoms with Gasteiger partial charge in [-0.05, 0) is 18.2 Å². The molecule has 18 heavy (non-hydrogen) atoms. The van der Waals surface area contributed by atoms with Gasteiger partial charge in [0.15, 0.2) is 0 Å². The van der Waals surface area contributed by atoms with E-state index in [0.29, 0.717) is 5.69 Å². The van der Waals surface area contributed by atoms with E-state index < -0.39 is 29.3 Å². The van der Waals surface area contributed by atoms with E-state index in [2.05, 4.69) is 0 Å². The minimum Gasteiger partial charge on any atom is -0.417 e. The summed E-state index contributed by atoms with van der Waals surface area (Å²) in [4.78, 5) is 36.2. The third kappa shape index (κ3) is 1.03. The Kier molecular flexibility index (Phi) is 1.82. The molecular formula is C11H7FN2O4. The summed E-state index contributed by atoms with van der Waals surface area (Å²) in [5.74, 6) is -2.23. The number of fused-ring (bicyclic) bond motifs is 2. The molecule has 3 rings (SSSR count). The zero-order valence-electron chi connectivity index (χ0n) is 9.19. The number of carbonyl (C=O) groups is 3. The van der Waals surface area contributed by atoms with Crippen molar-refractivity contribution in [3.63, 3.8) is 0 Å². The molecule has 0 bridgehead atoms. The number of benzene rings is 1. The number of nitrogens with zero attached hydrogens (tertiary/aromatic N) is 1. The molecule has 1 saturated heterocycles. The first-order chi connectivity index (χ1) is 8.46. The van der Waals surface area contributed by atoms with Crippen LogP contribution in [-0.2, 0) is 19.9 Å². The summed E-state index contributed by atoms with van der Waals surface area (Å²) in [6, 6.07) is 3.54. The molecule has 1 aromatic rings. The van der Waals surface area contributed by atoms with Crippen LogP contribution in [0.5, 0.6) is 0 Å². The number of hydrogen-bond acceptors (Lipinski definition) is 4. The Morgan fingerprint density at radius 3 is 2.67 bits per heavy atom. The van der Waals surface area contributed by atoms with Crippen molar-refractivity contribution in [3.8, 4) is 0 Å². The van der Waals surface area contributed by atoms with Crippen molar-refractivity contribution in [2.45, 2.75) is 5.60 Å². The number of amides is 3. The van der Waals surface area contributed by atoms with Crippen LogP contribution in [0.25, 0.3) is 0 Å². The van der Waals surface area contributed by atoms with Crippen LogP contribution in [0.1, 0.15) is 5.56 Å². The maximum Gasteiger partial charge on any atom is 0.415 e. The second-order valence-electron chi connectivity index (χ2n) is 4.05. The van der Waals surface area contributed by atoms with E-state index in [1.165, 1.54) is 13.1 Å². The Hall–Kier alpha value is -2.44. The minimum absolute atomic E-state index is 0.0401. The first-order valence-corrected chi connectivity index (χ1v) is 5.09. The molecule has 0 radical (unpaired) electrons. The second-order valence-corrected chi connectivity index (χ2v) is 4.05. The molecule has 0 aliphatic carbocycles. The van der Waals surface area contributed by atoms with Crippen molar-refractivity contribution in [2.75, 3.05) is 11.9 Å². The third-order valence-corrected chi connectivity index (χ3v) is 3.09. The molecule has 6 nitrogen and oxygen atoms in total. The number of imide groups is 1. The van der Waals surface area contributed by atoms with Crippen LogP contribution in [0.15, 0.2) is 18.2 Å². The van der Waals surface area contributed by atoms with Crippen LogP contribution in [0, 0.1) is 5.82 Å². The van der Waals surface area contributed by atoms with Gasteiger partial charge in [-0.3, -0.25) is 14.9 Å². The molecule has 7 heteroatoms. The number of rotatable bonds is 0. The molecule has 3 amide bonds. The van der Waals surface area contributed by atoms with Gasteiger partial charge in [-0.25, -0.2) is 9.18 Å². The number of hydrogen-bond donors (Lipinski definition) is 1. The van der Waals surface area contributed by atoms with Crippen molar-refractivity contribution < 1.29 is 23.5 Å². The Morgan fingerprint density at radius 2 is 2.06 bits per heavy atom. The maximum atomic E-state index is 13.3. The molecule has 1 atom stereocenters. The highest BCUT2D eigenvalue weighted by Crippen LogP contribution is 2.44. The number of ether oxygens (including phenoxy) is 1. The molecule has 2 aliphatic heterocycles. The Bertz CT molecular complexity index is 615. The standard InChI is InChI=1S/C11H7FN2O4/c1-14-7-3-2-5(12)4-6(7)11(9(14)16)8(15)13-10(17)18-11/h2-4H,1H3,(H,13,15,17). The van der Waals surface area contributed by atoms with Gasteiger partial charge in [-0.2, -0.15) is 0 Å². The molecule has 1 unspecified atom stereocenters. The van der Waals surface area contributed by atoms with Crippen molar-refractivity contribution in [3.05, 3.63) is 29.6 Å². The van der Waals surface area contributed by atoms with Crippen molar-refractivity contribution >= 4 is 23.6 Å². The highest BCUT2D eigenvalue weighted by molar-refractivity contribution is 6.25. The van der Waals surface area contributed by atoms with Crippen molar-refractivity contribution in [2.24, 2.45) is 0 Å². The summed E-state index contributed by atoms with van der Waals surface area (Å²) in [7, 11) is 1.42. The molecule has 1 spiro atoms. The summed E-state index contributed by atoms with van der Waals surface area (Å²) in [5, 5.41) is 1.89. The summed E-state index contributed by atoms with van der Waals surface area (Å²) in [6.45, 7) is 0. The average molecular weight is 250 g/mol. The Morgan fingerprint density at radius 1 is 1.33 bits per heavy atom. The lowest BCUT2D eigenvalue weighted by Gasteiger charge is -2.17. The van der Waals surface area contributed by atoms with E-state index >= 15 is 0 Å². The van der Waals surface area contributed by atoms with E-state index in [1.807, 2.05) is 5.32 Å². The van der Waals surface area contributed by atoms with E-state index in [0.717, 1.165) is 17.0 Å². The maximum absolute atomic E-state index is 13.3. The van der Waals surface area contributed by atoms with Crippen LogP contribution in [0.2, 0.25) is 0 Å². The fourth-order valence-electron chi connectivity index (χ4n) is 2.25. The number of likely N-dealkylation sites (N-methyl/N-ethyl adjacent to an activating group) is 1. The minimum atomic E-state index is -2.08. The van der Waals surface area contributed by atoms with Crippen molar-refractivity contribution in [1.29, 1.82) is 0 Å². The highest BCUT2D eigenvalue weighted by Gasteiger charge is 2.63. The number of halogens is 1. The van der Waals surface area contributed by atoms with Crippen LogP contribution >= 0.6 is 0 Å². The highest BCUT2D eigenvalue weighted by atomic mass is 19.1. The zero-order chi connectivity index (χ0) is 13.1. The van der Waals surface area contributed by atoms with Gasteiger partial charge in [0.05, 0.1) is 5.69 Å². The quantitative estimate of drug-likeness (QED) is 0.670. The summed E-state index contributed by atoms with van der Waals surface area (Å²) >= 11 is 0. The van der Waals surface area contributed by atoms with Crippen LogP contribution in [0.3, 0.4) is 0 Å². The topological polar surface area (TPSA) is 75.7 Å². The molecule has 92 valence electrons. The van der Waals surface area contributed by atoms with E-state index in [9.17, 15) is 18.8 Å². The fraction of sp³-hybridized carbons (Fsp3) is 0.182. The molecule has 1 N–H and O–H groups in total. The predicted molar refractivity (Wildman–Crippen MR) is 56.1 cm³/mol.